The normalized spacial score (nSPS) is 10.1. The van der Waals surface area contributed by atoms with Crippen molar-refractivity contribution in [2.24, 2.45) is 0 Å². The molecule has 0 spiro atoms. The van der Waals surface area contributed by atoms with Crippen LogP contribution in [-0.4, -0.2) is 16.1 Å². The highest BCUT2D eigenvalue weighted by molar-refractivity contribution is 9.10. The van der Waals surface area contributed by atoms with E-state index in [0.29, 0.717) is 17.3 Å². The van der Waals surface area contributed by atoms with Gasteiger partial charge in [-0.1, -0.05) is 12.1 Å². The first-order valence-corrected chi connectivity index (χ1v) is 6.00. The van der Waals surface area contributed by atoms with Gasteiger partial charge in [0, 0.05) is 6.07 Å². The lowest BCUT2D eigenvalue weighted by Crippen LogP contribution is -2.02. The van der Waals surface area contributed by atoms with E-state index >= 15 is 0 Å². The Balaban J connectivity index is 2.29. The van der Waals surface area contributed by atoms with Gasteiger partial charge in [0.2, 0.25) is 5.88 Å². The van der Waals surface area contributed by atoms with Crippen LogP contribution >= 0.6 is 15.9 Å². The number of rotatable bonds is 3. The molecule has 4 nitrogen and oxygen atoms in total. The molecule has 0 saturated carbocycles. The maximum Gasteiger partial charge on any atom is 0.337 e. The van der Waals surface area contributed by atoms with Crippen molar-refractivity contribution in [1.82, 2.24) is 4.98 Å². The summed E-state index contributed by atoms with van der Waals surface area (Å²) in [6.45, 7) is 1.64. The topological polar surface area (TPSA) is 59.4 Å². The maximum absolute atomic E-state index is 10.9. The first-order chi connectivity index (χ1) is 8.58. The summed E-state index contributed by atoms with van der Waals surface area (Å²) in [6, 6.07) is 10.4. The molecule has 0 aliphatic heterocycles. The van der Waals surface area contributed by atoms with Crippen molar-refractivity contribution in [2.75, 3.05) is 0 Å². The van der Waals surface area contributed by atoms with Crippen LogP contribution in [0.2, 0.25) is 0 Å². The van der Waals surface area contributed by atoms with Gasteiger partial charge < -0.3 is 9.84 Å². The Bertz CT molecular complexity index is 599. The van der Waals surface area contributed by atoms with E-state index in [2.05, 4.69) is 20.9 Å². The van der Waals surface area contributed by atoms with Crippen LogP contribution in [0.3, 0.4) is 0 Å². The number of nitrogens with zero attached hydrogens (tertiary/aromatic N) is 1. The number of benzene rings is 1. The average molecular weight is 308 g/mol. The summed E-state index contributed by atoms with van der Waals surface area (Å²) < 4.78 is 6.39. The molecule has 92 valence electrons. The van der Waals surface area contributed by atoms with Gasteiger partial charge in [0.05, 0.1) is 15.7 Å². The molecule has 0 radical (unpaired) electrons. The number of aryl methyl sites for hydroxylation is 1. The zero-order valence-electron chi connectivity index (χ0n) is 9.55. The number of para-hydroxylation sites is 1. The molecule has 2 rings (SSSR count). The van der Waals surface area contributed by atoms with Gasteiger partial charge in [0.25, 0.3) is 0 Å². The fourth-order valence-electron chi connectivity index (χ4n) is 1.46. The van der Waals surface area contributed by atoms with Gasteiger partial charge in [0.15, 0.2) is 0 Å². The molecule has 0 aliphatic carbocycles. The van der Waals surface area contributed by atoms with Gasteiger partial charge in [0.1, 0.15) is 5.75 Å². The lowest BCUT2D eigenvalue weighted by Gasteiger charge is -2.08. The van der Waals surface area contributed by atoms with E-state index in [4.69, 9.17) is 9.84 Å². The monoisotopic (exact) mass is 307 g/mol. The van der Waals surface area contributed by atoms with Crippen LogP contribution < -0.4 is 4.74 Å². The molecule has 1 N–H and O–H groups in total. The molecule has 0 saturated heterocycles. The van der Waals surface area contributed by atoms with E-state index in [1.165, 1.54) is 12.1 Å². The smallest absolute Gasteiger partial charge is 0.337 e. The minimum Gasteiger partial charge on any atom is -0.478 e. The van der Waals surface area contributed by atoms with E-state index in [-0.39, 0.29) is 5.56 Å². The molecule has 0 fully saturated rings. The SMILES string of the molecule is Cc1nc(Oc2ccccc2Br)ccc1C(=O)O. The number of carboxylic acids is 1. The molecule has 18 heavy (non-hydrogen) atoms. The highest BCUT2D eigenvalue weighted by atomic mass is 79.9. The van der Waals surface area contributed by atoms with Gasteiger partial charge in [-0.25, -0.2) is 9.78 Å². The quantitative estimate of drug-likeness (QED) is 0.940. The highest BCUT2D eigenvalue weighted by Gasteiger charge is 2.10. The first kappa shape index (κ1) is 12.6. The molecule has 1 aromatic carbocycles. The summed E-state index contributed by atoms with van der Waals surface area (Å²) in [5.41, 5.74) is 0.599. The minimum atomic E-state index is -0.993. The van der Waals surface area contributed by atoms with Crippen LogP contribution in [-0.2, 0) is 0 Å². The van der Waals surface area contributed by atoms with E-state index < -0.39 is 5.97 Å². The second kappa shape index (κ2) is 5.18. The molecule has 0 bridgehead atoms. The molecular formula is C13H10BrNO3. The fourth-order valence-corrected chi connectivity index (χ4v) is 1.83. The number of ether oxygens (including phenoxy) is 1. The molecule has 1 heterocycles. The van der Waals surface area contributed by atoms with E-state index in [1.54, 1.807) is 13.0 Å². The third-order valence-corrected chi connectivity index (χ3v) is 3.00. The fraction of sp³-hybridized carbons (Fsp3) is 0.0769. The van der Waals surface area contributed by atoms with Crippen molar-refractivity contribution >= 4 is 21.9 Å². The maximum atomic E-state index is 10.9. The number of halogens is 1. The zero-order chi connectivity index (χ0) is 13.1. The summed E-state index contributed by atoms with van der Waals surface area (Å²) in [5, 5.41) is 8.90. The summed E-state index contributed by atoms with van der Waals surface area (Å²) in [4.78, 5) is 15.0. The van der Waals surface area contributed by atoms with Crippen LogP contribution in [0, 0.1) is 6.92 Å². The number of hydrogen-bond donors (Lipinski definition) is 1. The standard InChI is InChI=1S/C13H10BrNO3/c1-8-9(13(16)17)6-7-12(15-8)18-11-5-3-2-4-10(11)14/h2-7H,1H3,(H,16,17). The lowest BCUT2D eigenvalue weighted by molar-refractivity contribution is 0.0695. The lowest BCUT2D eigenvalue weighted by atomic mass is 10.2. The summed E-state index contributed by atoms with van der Waals surface area (Å²) in [7, 11) is 0. The predicted octanol–water partition coefficient (Wildman–Crippen LogP) is 3.64. The van der Waals surface area contributed by atoms with Gasteiger partial charge >= 0.3 is 5.97 Å². The molecule has 5 heteroatoms. The Morgan fingerprint density at radius 3 is 2.61 bits per heavy atom. The van der Waals surface area contributed by atoms with Crippen molar-refractivity contribution in [1.29, 1.82) is 0 Å². The van der Waals surface area contributed by atoms with Gasteiger partial charge in [-0.2, -0.15) is 0 Å². The molecule has 0 aliphatic rings. The van der Waals surface area contributed by atoms with Gasteiger partial charge in [-0.3, -0.25) is 0 Å². The second-order valence-electron chi connectivity index (χ2n) is 3.62. The van der Waals surface area contributed by atoms with Crippen molar-refractivity contribution in [3.05, 3.63) is 52.1 Å². The Morgan fingerprint density at radius 1 is 1.28 bits per heavy atom. The molecule has 0 atom stereocenters. The van der Waals surface area contributed by atoms with Crippen LogP contribution in [0.1, 0.15) is 16.1 Å². The van der Waals surface area contributed by atoms with Crippen LogP contribution in [0.5, 0.6) is 11.6 Å². The molecule has 1 aromatic heterocycles. The summed E-state index contributed by atoms with van der Waals surface area (Å²) >= 11 is 3.36. The third-order valence-electron chi connectivity index (χ3n) is 2.34. The Kier molecular flexibility index (Phi) is 3.62. The van der Waals surface area contributed by atoms with Crippen LogP contribution in [0.4, 0.5) is 0 Å². The Hall–Kier alpha value is -1.88. The first-order valence-electron chi connectivity index (χ1n) is 5.21. The zero-order valence-corrected chi connectivity index (χ0v) is 11.1. The Labute approximate surface area is 112 Å². The van der Waals surface area contributed by atoms with E-state index in [0.717, 1.165) is 4.47 Å². The number of pyridine rings is 1. The van der Waals surface area contributed by atoms with Crippen molar-refractivity contribution in [3.63, 3.8) is 0 Å². The summed E-state index contributed by atoms with van der Waals surface area (Å²) in [5.74, 6) is 0.00400. The van der Waals surface area contributed by atoms with Crippen molar-refractivity contribution in [2.45, 2.75) is 6.92 Å². The van der Waals surface area contributed by atoms with Gasteiger partial charge in [-0.15, -0.1) is 0 Å². The van der Waals surface area contributed by atoms with Crippen LogP contribution in [0.25, 0.3) is 0 Å². The average Bonchev–Trinajstić information content (AvgIpc) is 2.32. The summed E-state index contributed by atoms with van der Waals surface area (Å²) in [6.07, 6.45) is 0. The van der Waals surface area contributed by atoms with E-state index in [1.807, 2.05) is 18.2 Å². The number of carbonyl (C=O) groups is 1. The Morgan fingerprint density at radius 2 is 2.00 bits per heavy atom. The minimum absolute atomic E-state index is 0.175. The molecule has 0 amide bonds. The molecule has 2 aromatic rings. The third kappa shape index (κ3) is 2.68. The second-order valence-corrected chi connectivity index (χ2v) is 4.47. The largest absolute Gasteiger partial charge is 0.478 e. The predicted molar refractivity (Wildman–Crippen MR) is 70.1 cm³/mol. The van der Waals surface area contributed by atoms with Crippen molar-refractivity contribution < 1.29 is 14.6 Å². The van der Waals surface area contributed by atoms with Gasteiger partial charge in [-0.05, 0) is 41.1 Å². The number of hydrogen-bond acceptors (Lipinski definition) is 3. The van der Waals surface area contributed by atoms with Crippen molar-refractivity contribution in [3.8, 4) is 11.6 Å². The number of carboxylic acid groups (broad SMARTS) is 1. The number of aromatic nitrogens is 1. The highest BCUT2D eigenvalue weighted by Crippen LogP contribution is 2.28. The molecule has 0 unspecified atom stereocenters. The number of aromatic carboxylic acids is 1. The van der Waals surface area contributed by atoms with Crippen LogP contribution in [0.15, 0.2) is 40.9 Å². The molecular weight excluding hydrogens is 298 g/mol. The van der Waals surface area contributed by atoms with E-state index in [9.17, 15) is 4.79 Å².